The van der Waals surface area contributed by atoms with Gasteiger partial charge in [-0.3, -0.25) is 24.2 Å². The number of carbonyl (C=O) groups is 5. The fourth-order valence-electron chi connectivity index (χ4n) is 4.11. The summed E-state index contributed by atoms with van der Waals surface area (Å²) in [6.45, 7) is 0.115. The lowest BCUT2D eigenvalue weighted by atomic mass is 10.1. The van der Waals surface area contributed by atoms with Gasteiger partial charge < -0.3 is 25.4 Å². The van der Waals surface area contributed by atoms with Crippen molar-refractivity contribution in [3.63, 3.8) is 0 Å². The average molecular weight is 519 g/mol. The van der Waals surface area contributed by atoms with Gasteiger partial charge in [0.1, 0.15) is 33.9 Å². The third-order valence-electron chi connectivity index (χ3n) is 5.69. The van der Waals surface area contributed by atoms with Gasteiger partial charge >= 0.3 is 5.97 Å². The Hall–Kier alpha value is -3.87. The largest absolute Gasteiger partial charge is 0.481 e. The Bertz CT molecular complexity index is 1290. The summed E-state index contributed by atoms with van der Waals surface area (Å²) >= 11 is 0. The first-order chi connectivity index (χ1) is 17.0. The number of benzene rings is 1. The van der Waals surface area contributed by atoms with Gasteiger partial charge in [0.15, 0.2) is 0 Å². The van der Waals surface area contributed by atoms with E-state index in [1.165, 1.54) is 6.20 Å². The fourth-order valence-corrected chi connectivity index (χ4v) is 4.94. The summed E-state index contributed by atoms with van der Waals surface area (Å²) in [5.74, 6) is -4.27. The van der Waals surface area contributed by atoms with Gasteiger partial charge in [0.05, 0.1) is 18.2 Å². The van der Waals surface area contributed by atoms with E-state index >= 15 is 0 Å². The number of aliphatic carboxylic acids is 1. The maximum absolute atomic E-state index is 13.4. The van der Waals surface area contributed by atoms with Crippen molar-refractivity contribution in [2.24, 2.45) is 0 Å². The number of rotatable bonds is 10. The molecule has 12 nitrogen and oxygen atoms in total. The Labute approximate surface area is 207 Å². The molecule has 2 heterocycles. The van der Waals surface area contributed by atoms with Crippen LogP contribution in [-0.2, 0) is 29.0 Å². The minimum atomic E-state index is -3.74. The van der Waals surface area contributed by atoms with Gasteiger partial charge in [-0.15, -0.1) is 0 Å². The van der Waals surface area contributed by atoms with Crippen LogP contribution in [0, 0.1) is 0 Å². The van der Waals surface area contributed by atoms with E-state index < -0.39 is 63.8 Å². The molecule has 3 rings (SSSR count). The van der Waals surface area contributed by atoms with Crippen LogP contribution in [0.4, 0.5) is 0 Å². The number of fused-ring (bicyclic) bond motifs is 1. The molecular weight excluding hydrogens is 492 g/mol. The first kappa shape index (κ1) is 26.7. The Morgan fingerprint density at radius 1 is 1.19 bits per heavy atom. The van der Waals surface area contributed by atoms with E-state index in [9.17, 15) is 32.4 Å². The average Bonchev–Trinajstić information content (AvgIpc) is 3.31. The van der Waals surface area contributed by atoms with Crippen LogP contribution >= 0.6 is 0 Å². The molecule has 0 aliphatic carbocycles. The van der Waals surface area contributed by atoms with Gasteiger partial charge in [-0.05, 0) is 24.3 Å². The molecule has 3 amide bonds. The number of amides is 3. The molecule has 1 aromatic carbocycles. The van der Waals surface area contributed by atoms with E-state index in [-0.39, 0.29) is 24.9 Å². The smallest absolute Gasteiger partial charge is 0.305 e. The van der Waals surface area contributed by atoms with Crippen molar-refractivity contribution in [3.05, 3.63) is 42.2 Å². The first-order valence-corrected chi connectivity index (χ1v) is 13.2. The van der Waals surface area contributed by atoms with Crippen LogP contribution < -0.4 is 10.6 Å². The Morgan fingerprint density at radius 2 is 1.92 bits per heavy atom. The molecule has 3 N–H and O–H groups in total. The Morgan fingerprint density at radius 3 is 2.58 bits per heavy atom. The topological polar surface area (TPSA) is 180 Å². The molecule has 1 fully saturated rings. The second-order valence-corrected chi connectivity index (χ2v) is 10.7. The normalized spacial score (nSPS) is 17.2. The van der Waals surface area contributed by atoms with E-state index in [4.69, 9.17) is 5.11 Å². The van der Waals surface area contributed by atoms with E-state index in [1.54, 1.807) is 30.3 Å². The van der Waals surface area contributed by atoms with Crippen molar-refractivity contribution in [2.45, 2.75) is 37.4 Å². The molecule has 1 aromatic heterocycles. The van der Waals surface area contributed by atoms with Gasteiger partial charge in [-0.1, -0.05) is 24.3 Å². The molecule has 192 valence electrons. The van der Waals surface area contributed by atoms with E-state index in [1.807, 2.05) is 0 Å². The Kier molecular flexibility index (Phi) is 8.35. The van der Waals surface area contributed by atoms with Crippen molar-refractivity contribution in [3.8, 4) is 0 Å². The standard InChI is InChI=1S/C23H26N4O8S/c1-36(34,35)13-17(26-22(32)20-16-6-3-2-5-14(16)8-9-24-20)23(33)27-10-4-7-18(27)21(31)25-15(12-28)11-19(29)30/h2-3,5-6,8-9,12,15,17-18H,4,7,10-11,13H2,1H3,(H,25,31)(H,26,32)(H,29,30). The molecule has 1 aliphatic heterocycles. The number of carboxylic acid groups (broad SMARTS) is 1. The van der Waals surface area contributed by atoms with Crippen molar-refractivity contribution < 1.29 is 37.5 Å². The number of aromatic nitrogens is 1. The van der Waals surface area contributed by atoms with Gasteiger partial charge in [-0.2, -0.15) is 0 Å². The van der Waals surface area contributed by atoms with Crippen LogP contribution in [-0.4, -0.2) is 90.1 Å². The van der Waals surface area contributed by atoms with E-state index in [0.717, 1.165) is 16.5 Å². The number of carboxylic acids is 1. The molecule has 0 radical (unpaired) electrons. The predicted molar refractivity (Wildman–Crippen MR) is 128 cm³/mol. The highest BCUT2D eigenvalue weighted by Crippen LogP contribution is 2.20. The SMILES string of the molecule is CS(=O)(=O)CC(NC(=O)c1nccc2ccccc12)C(=O)N1CCCC1C(=O)NC(C=O)CC(=O)O. The number of likely N-dealkylation sites (tertiary alicyclic amines) is 1. The van der Waals surface area contributed by atoms with Crippen molar-refractivity contribution >= 4 is 50.6 Å². The molecule has 0 saturated carbocycles. The predicted octanol–water partition coefficient (Wildman–Crippen LogP) is -0.473. The van der Waals surface area contributed by atoms with Crippen LogP contribution in [0.3, 0.4) is 0 Å². The summed E-state index contributed by atoms with van der Waals surface area (Å²) in [6.07, 6.45) is 2.65. The number of pyridine rings is 1. The number of nitrogens with one attached hydrogen (secondary N) is 2. The lowest BCUT2D eigenvalue weighted by Crippen LogP contribution is -2.56. The molecule has 3 atom stereocenters. The zero-order valence-electron chi connectivity index (χ0n) is 19.4. The van der Waals surface area contributed by atoms with Crippen LogP contribution in [0.1, 0.15) is 29.8 Å². The number of hydrogen-bond donors (Lipinski definition) is 3. The van der Waals surface area contributed by atoms with E-state index in [2.05, 4.69) is 15.6 Å². The highest BCUT2D eigenvalue weighted by atomic mass is 32.2. The number of nitrogens with zero attached hydrogens (tertiary/aromatic N) is 2. The fraction of sp³-hybridized carbons (Fsp3) is 0.391. The maximum atomic E-state index is 13.4. The van der Waals surface area contributed by atoms with Crippen LogP contribution in [0.5, 0.6) is 0 Å². The molecule has 0 bridgehead atoms. The third-order valence-corrected chi connectivity index (χ3v) is 6.63. The van der Waals surface area contributed by atoms with Gasteiger partial charge in [0.2, 0.25) is 11.8 Å². The second kappa shape index (κ2) is 11.2. The third kappa shape index (κ3) is 6.62. The number of hydrogen-bond acceptors (Lipinski definition) is 8. The van der Waals surface area contributed by atoms with Crippen molar-refractivity contribution in [1.82, 2.24) is 20.5 Å². The zero-order chi connectivity index (χ0) is 26.5. The van der Waals surface area contributed by atoms with Crippen molar-refractivity contribution in [2.75, 3.05) is 18.6 Å². The summed E-state index contributed by atoms with van der Waals surface area (Å²) < 4.78 is 24.2. The first-order valence-electron chi connectivity index (χ1n) is 11.1. The van der Waals surface area contributed by atoms with E-state index in [0.29, 0.717) is 11.8 Å². The summed E-state index contributed by atoms with van der Waals surface area (Å²) in [5.41, 5.74) is 0.0117. The highest BCUT2D eigenvalue weighted by molar-refractivity contribution is 7.90. The summed E-state index contributed by atoms with van der Waals surface area (Å²) in [5, 5.41) is 14.9. The molecule has 3 unspecified atom stereocenters. The molecule has 36 heavy (non-hydrogen) atoms. The molecule has 0 spiro atoms. The van der Waals surface area contributed by atoms with Gasteiger partial charge in [-0.25, -0.2) is 8.42 Å². The molecule has 13 heteroatoms. The minimum Gasteiger partial charge on any atom is -0.481 e. The highest BCUT2D eigenvalue weighted by Gasteiger charge is 2.39. The lowest BCUT2D eigenvalue weighted by Gasteiger charge is -2.29. The number of aldehydes is 1. The molecule has 2 aromatic rings. The van der Waals surface area contributed by atoms with Crippen molar-refractivity contribution in [1.29, 1.82) is 0 Å². The monoisotopic (exact) mass is 518 g/mol. The summed E-state index contributed by atoms with van der Waals surface area (Å²) in [7, 11) is -3.74. The summed E-state index contributed by atoms with van der Waals surface area (Å²) in [6, 6.07) is 4.82. The Balaban J connectivity index is 1.83. The lowest BCUT2D eigenvalue weighted by molar-refractivity contribution is -0.141. The van der Waals surface area contributed by atoms with Crippen LogP contribution in [0.15, 0.2) is 36.5 Å². The van der Waals surface area contributed by atoms with Crippen LogP contribution in [0.2, 0.25) is 0 Å². The number of sulfone groups is 1. The number of carbonyl (C=O) groups excluding carboxylic acids is 4. The maximum Gasteiger partial charge on any atom is 0.305 e. The van der Waals surface area contributed by atoms with Gasteiger partial charge in [0.25, 0.3) is 5.91 Å². The molecular formula is C23H26N4O8S. The quantitative estimate of drug-likeness (QED) is 0.350. The molecule has 1 aliphatic rings. The van der Waals surface area contributed by atoms with Gasteiger partial charge in [0, 0.05) is 24.4 Å². The zero-order valence-corrected chi connectivity index (χ0v) is 20.2. The minimum absolute atomic E-state index is 0.0117. The molecule has 1 saturated heterocycles. The van der Waals surface area contributed by atoms with Crippen LogP contribution in [0.25, 0.3) is 10.8 Å². The second-order valence-electron chi connectivity index (χ2n) is 8.54. The summed E-state index contributed by atoms with van der Waals surface area (Å²) in [4.78, 5) is 66.5.